The number of nitrogens with one attached hydrogen (secondary N) is 1. The number of hydrogen-bond donors (Lipinski definition) is 1. The molecule has 2 saturated heterocycles. The minimum Gasteiger partial charge on any atom is -0.314 e. The number of fused-ring (bicyclic) bond motifs is 2. The molecule has 2 heterocycles. The summed E-state index contributed by atoms with van der Waals surface area (Å²) in [4.78, 5) is 5.35. The van der Waals surface area contributed by atoms with E-state index in [-0.39, 0.29) is 0 Å². The van der Waals surface area contributed by atoms with Crippen LogP contribution in [0.2, 0.25) is 0 Å². The van der Waals surface area contributed by atoms with Crippen LogP contribution in [0, 0.1) is 0 Å². The molecule has 2 atom stereocenters. The fourth-order valence-electron chi connectivity index (χ4n) is 3.98. The molecule has 2 aromatic carbocycles. The minimum atomic E-state index is 0.617. The summed E-state index contributed by atoms with van der Waals surface area (Å²) in [5, 5.41) is 3.62. The number of benzene rings is 2. The zero-order valence-corrected chi connectivity index (χ0v) is 13.6. The molecular weight excluding hydrogens is 282 g/mol. The maximum Gasteiger partial charge on any atom is 0.0355 e. The van der Waals surface area contributed by atoms with E-state index in [4.69, 9.17) is 0 Å². The summed E-state index contributed by atoms with van der Waals surface area (Å²) in [6.07, 6.45) is 0. The first kappa shape index (κ1) is 14.9. The zero-order valence-electron chi connectivity index (χ0n) is 13.6. The zero-order chi connectivity index (χ0) is 15.5. The molecule has 0 aromatic heterocycles. The molecule has 0 spiro atoms. The first-order chi connectivity index (χ1) is 11.4. The van der Waals surface area contributed by atoms with E-state index in [1.165, 1.54) is 11.1 Å². The molecule has 120 valence electrons. The summed E-state index contributed by atoms with van der Waals surface area (Å²) in [6.45, 7) is 6.68. The van der Waals surface area contributed by atoms with Crippen LogP contribution in [-0.2, 0) is 13.1 Å². The second-order valence-electron chi connectivity index (χ2n) is 6.80. The smallest absolute Gasteiger partial charge is 0.0355 e. The second kappa shape index (κ2) is 6.83. The highest BCUT2D eigenvalue weighted by molar-refractivity contribution is 5.17. The van der Waals surface area contributed by atoms with Gasteiger partial charge in [0.25, 0.3) is 0 Å². The fourth-order valence-corrected chi connectivity index (χ4v) is 3.98. The van der Waals surface area contributed by atoms with Crippen LogP contribution in [0.5, 0.6) is 0 Å². The SMILES string of the molecule is c1ccc(CN2C[C@H]3CNC[C@@H](C2)N3Cc2ccccc2)cc1. The molecule has 2 aromatic rings. The molecule has 2 aliphatic heterocycles. The van der Waals surface area contributed by atoms with Crippen molar-refractivity contribution in [3.05, 3.63) is 71.8 Å². The highest BCUT2D eigenvalue weighted by atomic mass is 15.3. The number of nitrogens with zero attached hydrogens (tertiary/aromatic N) is 2. The van der Waals surface area contributed by atoms with Crippen LogP contribution in [0.3, 0.4) is 0 Å². The lowest BCUT2D eigenvalue weighted by Gasteiger charge is -2.50. The molecule has 3 nitrogen and oxygen atoms in total. The van der Waals surface area contributed by atoms with Crippen LogP contribution in [0.1, 0.15) is 11.1 Å². The van der Waals surface area contributed by atoms with Crippen molar-refractivity contribution in [1.82, 2.24) is 15.1 Å². The Labute approximate surface area is 138 Å². The van der Waals surface area contributed by atoms with Crippen LogP contribution >= 0.6 is 0 Å². The van der Waals surface area contributed by atoms with E-state index in [1.807, 2.05) is 0 Å². The van der Waals surface area contributed by atoms with Gasteiger partial charge in [-0.15, -0.1) is 0 Å². The lowest BCUT2D eigenvalue weighted by Crippen LogP contribution is -2.67. The molecule has 2 fully saturated rings. The predicted octanol–water partition coefficient (Wildman–Crippen LogP) is 2.34. The number of rotatable bonds is 4. The van der Waals surface area contributed by atoms with E-state index in [0.29, 0.717) is 12.1 Å². The predicted molar refractivity (Wildman–Crippen MR) is 94.1 cm³/mol. The lowest BCUT2D eigenvalue weighted by molar-refractivity contribution is -0.00760. The average Bonchev–Trinajstić information content (AvgIpc) is 2.57. The van der Waals surface area contributed by atoms with Gasteiger partial charge in [-0.05, 0) is 11.1 Å². The Morgan fingerprint density at radius 2 is 1.26 bits per heavy atom. The largest absolute Gasteiger partial charge is 0.314 e. The summed E-state index contributed by atoms with van der Waals surface area (Å²) in [7, 11) is 0. The maximum atomic E-state index is 3.62. The van der Waals surface area contributed by atoms with Crippen LogP contribution < -0.4 is 5.32 Å². The Bertz CT molecular complexity index is 599. The standard InChI is InChI=1S/C20H25N3/c1-3-7-17(8-4-1)13-22-15-19-11-21-12-20(16-22)23(19)14-18-9-5-2-6-10-18/h1-10,19-21H,11-16H2/t19-,20+. The molecule has 0 amide bonds. The molecule has 3 heteroatoms. The van der Waals surface area contributed by atoms with Crippen molar-refractivity contribution in [1.29, 1.82) is 0 Å². The van der Waals surface area contributed by atoms with Crippen LogP contribution in [-0.4, -0.2) is 48.1 Å². The van der Waals surface area contributed by atoms with Gasteiger partial charge in [0.15, 0.2) is 0 Å². The highest BCUT2D eigenvalue weighted by Gasteiger charge is 2.36. The molecule has 0 aliphatic carbocycles. The summed E-state index contributed by atoms with van der Waals surface area (Å²) in [5.41, 5.74) is 2.86. The molecule has 0 radical (unpaired) electrons. The van der Waals surface area contributed by atoms with Gasteiger partial charge < -0.3 is 5.32 Å². The van der Waals surface area contributed by atoms with Gasteiger partial charge in [0, 0.05) is 51.4 Å². The highest BCUT2D eigenvalue weighted by Crippen LogP contribution is 2.23. The average molecular weight is 307 g/mol. The van der Waals surface area contributed by atoms with Gasteiger partial charge in [-0.25, -0.2) is 0 Å². The van der Waals surface area contributed by atoms with E-state index in [0.717, 1.165) is 39.3 Å². The van der Waals surface area contributed by atoms with E-state index >= 15 is 0 Å². The van der Waals surface area contributed by atoms with Crippen molar-refractivity contribution in [3.8, 4) is 0 Å². The first-order valence-electron chi connectivity index (χ1n) is 8.65. The van der Waals surface area contributed by atoms with Gasteiger partial charge in [-0.3, -0.25) is 9.80 Å². The Hall–Kier alpha value is -1.68. The summed E-state index contributed by atoms with van der Waals surface area (Å²) in [6, 6.07) is 23.0. The molecule has 0 unspecified atom stereocenters. The van der Waals surface area contributed by atoms with Crippen molar-refractivity contribution >= 4 is 0 Å². The molecule has 2 aliphatic rings. The van der Waals surface area contributed by atoms with E-state index in [9.17, 15) is 0 Å². The van der Waals surface area contributed by atoms with Gasteiger partial charge in [0.1, 0.15) is 0 Å². The lowest BCUT2D eigenvalue weighted by atomic mass is 9.99. The minimum absolute atomic E-state index is 0.617. The Balaban J connectivity index is 1.44. The van der Waals surface area contributed by atoms with Gasteiger partial charge in [-0.2, -0.15) is 0 Å². The summed E-state index contributed by atoms with van der Waals surface area (Å²) >= 11 is 0. The third-order valence-electron chi connectivity index (χ3n) is 5.09. The first-order valence-corrected chi connectivity index (χ1v) is 8.65. The molecule has 4 rings (SSSR count). The molecular formula is C20H25N3. The topological polar surface area (TPSA) is 18.5 Å². The molecule has 23 heavy (non-hydrogen) atoms. The monoisotopic (exact) mass is 307 g/mol. The van der Waals surface area contributed by atoms with Gasteiger partial charge >= 0.3 is 0 Å². The van der Waals surface area contributed by atoms with Gasteiger partial charge in [-0.1, -0.05) is 60.7 Å². The Morgan fingerprint density at radius 1 is 0.739 bits per heavy atom. The van der Waals surface area contributed by atoms with Gasteiger partial charge in [0.05, 0.1) is 0 Å². The Morgan fingerprint density at radius 3 is 1.83 bits per heavy atom. The van der Waals surface area contributed by atoms with Crippen molar-refractivity contribution in [3.63, 3.8) is 0 Å². The van der Waals surface area contributed by atoms with E-state index in [2.05, 4.69) is 75.8 Å². The molecule has 1 N–H and O–H groups in total. The van der Waals surface area contributed by atoms with Crippen LogP contribution in [0.15, 0.2) is 60.7 Å². The summed E-state index contributed by atoms with van der Waals surface area (Å²) in [5.74, 6) is 0. The van der Waals surface area contributed by atoms with Crippen molar-refractivity contribution < 1.29 is 0 Å². The normalized spacial score (nSPS) is 25.4. The van der Waals surface area contributed by atoms with E-state index < -0.39 is 0 Å². The van der Waals surface area contributed by atoms with Crippen molar-refractivity contribution in [2.24, 2.45) is 0 Å². The number of piperazine rings is 2. The Kier molecular flexibility index (Phi) is 4.42. The van der Waals surface area contributed by atoms with Gasteiger partial charge in [0.2, 0.25) is 0 Å². The molecule has 0 saturated carbocycles. The van der Waals surface area contributed by atoms with E-state index in [1.54, 1.807) is 0 Å². The quantitative estimate of drug-likeness (QED) is 0.935. The van der Waals surface area contributed by atoms with Crippen LogP contribution in [0.4, 0.5) is 0 Å². The third kappa shape index (κ3) is 3.47. The fraction of sp³-hybridized carbons (Fsp3) is 0.400. The summed E-state index contributed by atoms with van der Waals surface area (Å²) < 4.78 is 0. The third-order valence-corrected chi connectivity index (χ3v) is 5.09. The second-order valence-corrected chi connectivity index (χ2v) is 6.80. The maximum absolute atomic E-state index is 3.62. The van der Waals surface area contributed by atoms with Crippen LogP contribution in [0.25, 0.3) is 0 Å². The van der Waals surface area contributed by atoms with Crippen molar-refractivity contribution in [2.45, 2.75) is 25.2 Å². The number of hydrogen-bond acceptors (Lipinski definition) is 3. The van der Waals surface area contributed by atoms with Crippen molar-refractivity contribution in [2.75, 3.05) is 26.2 Å². The molecule has 2 bridgehead atoms.